The zero-order chi connectivity index (χ0) is 21.1. The zero-order valence-corrected chi connectivity index (χ0v) is 17.9. The molecule has 0 bridgehead atoms. The minimum Gasteiger partial charge on any atom is -0.467 e. The Hall–Kier alpha value is -2.76. The van der Waals surface area contributed by atoms with Gasteiger partial charge in [-0.05, 0) is 42.5 Å². The van der Waals surface area contributed by atoms with Gasteiger partial charge in [-0.2, -0.15) is 0 Å². The molecule has 2 fully saturated rings. The van der Waals surface area contributed by atoms with Crippen LogP contribution < -0.4 is 5.69 Å². The van der Waals surface area contributed by atoms with Crippen molar-refractivity contribution in [3.63, 3.8) is 0 Å². The Labute approximate surface area is 175 Å². The first-order valence-corrected chi connectivity index (χ1v) is 10.9. The minimum absolute atomic E-state index is 0.0267. The molecule has 1 amide bonds. The van der Waals surface area contributed by atoms with Crippen LogP contribution in [0.1, 0.15) is 68.6 Å². The van der Waals surface area contributed by atoms with E-state index in [4.69, 9.17) is 4.42 Å². The van der Waals surface area contributed by atoms with Gasteiger partial charge in [-0.25, -0.2) is 4.79 Å². The SMILES string of the molecule is CC(C)(C)Cn1c(=O)[nH]c2c(C(=O)N3CC4(CCCC4)C3c3ccco3)cccc21. The fraction of sp³-hybridized carbons (Fsp3) is 0.500. The van der Waals surface area contributed by atoms with E-state index in [1.165, 1.54) is 12.8 Å². The van der Waals surface area contributed by atoms with E-state index >= 15 is 0 Å². The van der Waals surface area contributed by atoms with Gasteiger partial charge >= 0.3 is 5.69 Å². The van der Waals surface area contributed by atoms with E-state index in [2.05, 4.69) is 25.8 Å². The van der Waals surface area contributed by atoms with Crippen molar-refractivity contribution in [2.45, 2.75) is 59.0 Å². The monoisotopic (exact) mass is 407 g/mol. The lowest BCUT2D eigenvalue weighted by molar-refractivity contribution is -0.0603. The van der Waals surface area contributed by atoms with Gasteiger partial charge in [0.15, 0.2) is 0 Å². The van der Waals surface area contributed by atoms with Crippen LogP contribution in [0.15, 0.2) is 45.8 Å². The van der Waals surface area contributed by atoms with Crippen molar-refractivity contribution in [1.29, 1.82) is 0 Å². The molecule has 2 aliphatic rings. The number of furan rings is 1. The summed E-state index contributed by atoms with van der Waals surface area (Å²) in [6, 6.07) is 9.45. The number of imidazole rings is 1. The first kappa shape index (κ1) is 19.2. The maximum absolute atomic E-state index is 13.6. The molecule has 3 aromatic rings. The molecule has 1 N–H and O–H groups in total. The van der Waals surface area contributed by atoms with E-state index in [1.54, 1.807) is 10.8 Å². The Morgan fingerprint density at radius 3 is 2.63 bits per heavy atom. The molecule has 5 rings (SSSR count). The van der Waals surface area contributed by atoms with Crippen LogP contribution in [-0.2, 0) is 6.54 Å². The Morgan fingerprint density at radius 1 is 1.20 bits per heavy atom. The average Bonchev–Trinajstić information content (AvgIpc) is 3.41. The molecule has 1 spiro atoms. The number of nitrogens with zero attached hydrogens (tertiary/aromatic N) is 2. The number of rotatable bonds is 3. The minimum atomic E-state index is -0.168. The number of para-hydroxylation sites is 1. The fourth-order valence-electron chi connectivity index (χ4n) is 5.48. The van der Waals surface area contributed by atoms with Crippen molar-refractivity contribution < 1.29 is 9.21 Å². The normalized spacial score (nSPS) is 20.8. The maximum atomic E-state index is 13.6. The lowest BCUT2D eigenvalue weighted by atomic mass is 9.68. The largest absolute Gasteiger partial charge is 0.467 e. The molecule has 0 radical (unpaired) electrons. The first-order chi connectivity index (χ1) is 14.3. The van der Waals surface area contributed by atoms with Gasteiger partial charge in [0.05, 0.1) is 28.9 Å². The number of benzene rings is 1. The van der Waals surface area contributed by atoms with E-state index in [9.17, 15) is 9.59 Å². The van der Waals surface area contributed by atoms with Gasteiger partial charge in [-0.1, -0.05) is 39.7 Å². The third kappa shape index (κ3) is 2.92. The smallest absolute Gasteiger partial charge is 0.326 e. The summed E-state index contributed by atoms with van der Waals surface area (Å²) in [6.45, 7) is 7.64. The number of amides is 1. The van der Waals surface area contributed by atoms with E-state index < -0.39 is 0 Å². The Balaban J connectivity index is 1.54. The Bertz CT molecular complexity index is 1140. The summed E-state index contributed by atoms with van der Waals surface area (Å²) >= 11 is 0. The van der Waals surface area contributed by atoms with Crippen molar-refractivity contribution in [3.05, 3.63) is 58.4 Å². The highest BCUT2D eigenvalue weighted by atomic mass is 16.3. The summed E-state index contributed by atoms with van der Waals surface area (Å²) in [5.74, 6) is 0.825. The van der Waals surface area contributed by atoms with Crippen LogP contribution in [0.2, 0.25) is 0 Å². The van der Waals surface area contributed by atoms with Crippen LogP contribution in [0.25, 0.3) is 11.0 Å². The number of H-pyrrole nitrogens is 1. The molecule has 2 aromatic heterocycles. The van der Waals surface area contributed by atoms with Crippen LogP contribution in [0.4, 0.5) is 0 Å². The molecule has 1 unspecified atom stereocenters. The molecule has 1 saturated heterocycles. The molecule has 30 heavy (non-hydrogen) atoms. The summed E-state index contributed by atoms with van der Waals surface area (Å²) in [5.41, 5.74) is 1.89. The number of likely N-dealkylation sites (tertiary alicyclic amines) is 1. The standard InChI is InChI=1S/C24H29N3O3/c1-23(2,3)14-26-17-9-6-8-16(19(17)25-22(26)29)21(28)27-15-24(11-4-5-12-24)20(27)18-10-7-13-30-18/h6-10,13,20H,4-5,11-12,14-15H2,1-3H3,(H,25,29). The summed E-state index contributed by atoms with van der Waals surface area (Å²) in [7, 11) is 0. The van der Waals surface area contributed by atoms with Gasteiger partial charge in [-0.3, -0.25) is 9.36 Å². The summed E-state index contributed by atoms with van der Waals surface area (Å²) in [5, 5.41) is 0. The highest BCUT2D eigenvalue weighted by Crippen LogP contribution is 2.58. The fourth-order valence-corrected chi connectivity index (χ4v) is 5.48. The molecule has 6 nitrogen and oxygen atoms in total. The first-order valence-electron chi connectivity index (χ1n) is 10.9. The number of aromatic amines is 1. The number of hydrogen-bond donors (Lipinski definition) is 1. The predicted octanol–water partition coefficient (Wildman–Crippen LogP) is 4.73. The molecular weight excluding hydrogens is 378 g/mol. The quantitative estimate of drug-likeness (QED) is 0.682. The van der Waals surface area contributed by atoms with Crippen molar-refractivity contribution in [1.82, 2.24) is 14.5 Å². The number of carbonyl (C=O) groups excluding carboxylic acids is 1. The second kappa shape index (κ2) is 6.62. The molecule has 1 saturated carbocycles. The van der Waals surface area contributed by atoms with Gasteiger partial charge in [0.1, 0.15) is 5.76 Å². The van der Waals surface area contributed by atoms with E-state index in [0.29, 0.717) is 17.6 Å². The molecule has 1 aliphatic heterocycles. The molecule has 158 valence electrons. The van der Waals surface area contributed by atoms with Gasteiger partial charge < -0.3 is 14.3 Å². The number of hydrogen-bond acceptors (Lipinski definition) is 3. The molecule has 1 aliphatic carbocycles. The van der Waals surface area contributed by atoms with Gasteiger partial charge in [-0.15, -0.1) is 0 Å². The zero-order valence-electron chi connectivity index (χ0n) is 17.9. The van der Waals surface area contributed by atoms with Crippen molar-refractivity contribution in [2.75, 3.05) is 6.54 Å². The third-order valence-corrected chi connectivity index (χ3v) is 6.72. The average molecular weight is 408 g/mol. The second-order valence-electron chi connectivity index (χ2n) is 10.2. The Kier molecular flexibility index (Phi) is 4.24. The Morgan fingerprint density at radius 2 is 1.97 bits per heavy atom. The molecule has 3 heterocycles. The van der Waals surface area contributed by atoms with Crippen LogP contribution in [0.3, 0.4) is 0 Å². The predicted molar refractivity (Wildman–Crippen MR) is 115 cm³/mol. The summed E-state index contributed by atoms with van der Waals surface area (Å²) < 4.78 is 7.49. The lowest BCUT2D eigenvalue weighted by Gasteiger charge is -2.55. The molecule has 6 heteroatoms. The summed E-state index contributed by atoms with van der Waals surface area (Å²) in [6.07, 6.45) is 6.36. The number of aromatic nitrogens is 2. The highest BCUT2D eigenvalue weighted by molar-refractivity contribution is 6.05. The van der Waals surface area contributed by atoms with E-state index in [-0.39, 0.29) is 28.5 Å². The van der Waals surface area contributed by atoms with Crippen LogP contribution >= 0.6 is 0 Å². The number of carbonyl (C=O) groups is 1. The second-order valence-corrected chi connectivity index (χ2v) is 10.2. The van der Waals surface area contributed by atoms with Crippen LogP contribution in [0, 0.1) is 10.8 Å². The lowest BCUT2D eigenvalue weighted by Crippen LogP contribution is -2.59. The van der Waals surface area contributed by atoms with Crippen molar-refractivity contribution in [2.24, 2.45) is 10.8 Å². The van der Waals surface area contributed by atoms with Crippen LogP contribution in [0.5, 0.6) is 0 Å². The number of fused-ring (bicyclic) bond motifs is 1. The molecule has 1 atom stereocenters. The van der Waals surface area contributed by atoms with Gasteiger partial charge in [0, 0.05) is 18.5 Å². The summed E-state index contributed by atoms with van der Waals surface area (Å²) in [4.78, 5) is 31.2. The van der Waals surface area contributed by atoms with E-state index in [0.717, 1.165) is 30.7 Å². The highest BCUT2D eigenvalue weighted by Gasteiger charge is 2.57. The van der Waals surface area contributed by atoms with Crippen molar-refractivity contribution in [3.8, 4) is 0 Å². The van der Waals surface area contributed by atoms with Crippen molar-refractivity contribution >= 4 is 16.9 Å². The number of nitrogens with one attached hydrogen (secondary N) is 1. The van der Waals surface area contributed by atoms with Crippen LogP contribution in [-0.4, -0.2) is 26.9 Å². The van der Waals surface area contributed by atoms with E-state index in [1.807, 2.05) is 35.2 Å². The molecule has 1 aromatic carbocycles. The van der Waals surface area contributed by atoms with Gasteiger partial charge in [0.2, 0.25) is 0 Å². The topological polar surface area (TPSA) is 71.2 Å². The third-order valence-electron chi connectivity index (χ3n) is 6.72. The molecular formula is C24H29N3O3. The van der Waals surface area contributed by atoms with Gasteiger partial charge in [0.25, 0.3) is 5.91 Å². The maximum Gasteiger partial charge on any atom is 0.326 e.